The standard InChI is InChI=1S/C31H43NO6/c1-2-36-29(30(33)34)24-27-15-17-28(18-16-27)37-23-21-32(20-9-14-25-10-5-3-6-11-25)31(35)38-22-19-26-12-7-4-8-13-26/h4,7-8,12-13,15-18,25,29H,2-3,5-6,9-11,14,19-24H2,1H3,(H,33,34). The molecule has 1 amide bonds. The summed E-state index contributed by atoms with van der Waals surface area (Å²) in [5.74, 6) is 0.487. The fraction of sp³-hybridized carbons (Fsp3) is 0.548. The van der Waals surface area contributed by atoms with Gasteiger partial charge in [-0.25, -0.2) is 9.59 Å². The van der Waals surface area contributed by atoms with E-state index in [1.165, 1.54) is 32.1 Å². The van der Waals surface area contributed by atoms with Crippen molar-refractivity contribution in [3.05, 3.63) is 65.7 Å². The number of rotatable bonds is 16. The van der Waals surface area contributed by atoms with E-state index in [4.69, 9.17) is 14.2 Å². The second-order valence-corrected chi connectivity index (χ2v) is 9.96. The Balaban J connectivity index is 1.47. The number of ether oxygens (including phenoxy) is 3. The summed E-state index contributed by atoms with van der Waals surface area (Å²) in [4.78, 5) is 26.0. The molecular formula is C31H43NO6. The Kier molecular flexibility index (Phi) is 13.0. The Morgan fingerprint density at radius 3 is 2.37 bits per heavy atom. The van der Waals surface area contributed by atoms with Crippen LogP contribution in [0.15, 0.2) is 54.6 Å². The van der Waals surface area contributed by atoms with E-state index in [-0.39, 0.29) is 6.09 Å². The van der Waals surface area contributed by atoms with Crippen molar-refractivity contribution in [3.63, 3.8) is 0 Å². The van der Waals surface area contributed by atoms with Crippen molar-refractivity contribution in [2.24, 2.45) is 5.92 Å². The highest BCUT2D eigenvalue weighted by molar-refractivity contribution is 5.72. The van der Waals surface area contributed by atoms with Crippen molar-refractivity contribution in [2.75, 3.05) is 32.9 Å². The lowest BCUT2D eigenvalue weighted by Gasteiger charge is -2.25. The molecule has 38 heavy (non-hydrogen) atoms. The third-order valence-corrected chi connectivity index (χ3v) is 7.10. The Morgan fingerprint density at radius 2 is 1.68 bits per heavy atom. The highest BCUT2D eigenvalue weighted by Gasteiger charge is 2.19. The molecule has 0 heterocycles. The van der Waals surface area contributed by atoms with Gasteiger partial charge in [-0.2, -0.15) is 0 Å². The molecule has 1 N–H and O–H groups in total. The maximum absolute atomic E-state index is 12.9. The highest BCUT2D eigenvalue weighted by atomic mass is 16.6. The molecule has 1 saturated carbocycles. The van der Waals surface area contributed by atoms with Crippen LogP contribution in [-0.2, 0) is 27.1 Å². The average Bonchev–Trinajstić information content (AvgIpc) is 2.94. The van der Waals surface area contributed by atoms with Crippen molar-refractivity contribution in [1.82, 2.24) is 4.90 Å². The van der Waals surface area contributed by atoms with Gasteiger partial charge in [0.05, 0.1) is 13.2 Å². The van der Waals surface area contributed by atoms with Gasteiger partial charge in [-0.15, -0.1) is 0 Å². The van der Waals surface area contributed by atoms with Crippen molar-refractivity contribution < 1.29 is 28.9 Å². The smallest absolute Gasteiger partial charge is 0.409 e. The number of carboxylic acid groups (broad SMARTS) is 1. The molecule has 0 saturated heterocycles. The molecule has 3 rings (SSSR count). The van der Waals surface area contributed by atoms with Gasteiger partial charge in [0, 0.05) is 26.0 Å². The predicted octanol–water partition coefficient (Wildman–Crippen LogP) is 6.14. The molecule has 0 aromatic heterocycles. The first kappa shape index (κ1) is 29.5. The maximum atomic E-state index is 12.9. The number of amides is 1. The molecule has 0 radical (unpaired) electrons. The van der Waals surface area contributed by atoms with Crippen molar-refractivity contribution in [3.8, 4) is 5.75 Å². The van der Waals surface area contributed by atoms with E-state index < -0.39 is 12.1 Å². The Labute approximate surface area is 227 Å². The van der Waals surface area contributed by atoms with Gasteiger partial charge < -0.3 is 24.2 Å². The zero-order valence-corrected chi connectivity index (χ0v) is 22.7. The van der Waals surface area contributed by atoms with E-state index in [2.05, 4.69) is 0 Å². The van der Waals surface area contributed by atoms with Gasteiger partial charge >= 0.3 is 12.1 Å². The topological polar surface area (TPSA) is 85.3 Å². The van der Waals surface area contributed by atoms with Crippen LogP contribution in [0.4, 0.5) is 4.79 Å². The number of carboxylic acids is 1. The summed E-state index contributed by atoms with van der Waals surface area (Å²) in [6.45, 7) is 3.95. The number of carbonyl (C=O) groups excluding carboxylic acids is 1. The zero-order chi connectivity index (χ0) is 27.0. The average molecular weight is 526 g/mol. The number of nitrogens with zero attached hydrogens (tertiary/aromatic N) is 1. The Morgan fingerprint density at radius 1 is 0.947 bits per heavy atom. The number of hydrogen-bond donors (Lipinski definition) is 1. The molecule has 0 bridgehead atoms. The van der Waals surface area contributed by atoms with Crippen LogP contribution in [0.5, 0.6) is 5.75 Å². The third kappa shape index (κ3) is 10.7. The Bertz CT molecular complexity index is 943. The molecule has 1 aliphatic rings. The monoisotopic (exact) mass is 525 g/mol. The lowest BCUT2D eigenvalue weighted by molar-refractivity contribution is -0.149. The first-order chi connectivity index (χ1) is 18.5. The largest absolute Gasteiger partial charge is 0.492 e. The van der Waals surface area contributed by atoms with Crippen molar-refractivity contribution in [1.29, 1.82) is 0 Å². The van der Waals surface area contributed by atoms with Crippen LogP contribution in [0.25, 0.3) is 0 Å². The molecule has 1 aliphatic carbocycles. The lowest BCUT2D eigenvalue weighted by Crippen LogP contribution is -2.36. The number of hydrogen-bond acceptors (Lipinski definition) is 5. The van der Waals surface area contributed by atoms with E-state index in [1.54, 1.807) is 11.8 Å². The number of benzene rings is 2. The van der Waals surface area contributed by atoms with Gasteiger partial charge in [-0.05, 0) is 48.9 Å². The van der Waals surface area contributed by atoms with Gasteiger partial charge in [-0.1, -0.05) is 74.6 Å². The molecular weight excluding hydrogens is 482 g/mol. The molecule has 2 aromatic carbocycles. The third-order valence-electron chi connectivity index (χ3n) is 7.10. The van der Waals surface area contributed by atoms with E-state index in [0.717, 1.165) is 29.9 Å². The van der Waals surface area contributed by atoms with Crippen molar-refractivity contribution in [2.45, 2.75) is 70.8 Å². The summed E-state index contributed by atoms with van der Waals surface area (Å²) in [5, 5.41) is 9.29. The molecule has 1 fully saturated rings. The van der Waals surface area contributed by atoms with E-state index in [0.29, 0.717) is 51.5 Å². The van der Waals surface area contributed by atoms with Gasteiger partial charge in [-0.3, -0.25) is 0 Å². The molecule has 0 aliphatic heterocycles. The van der Waals surface area contributed by atoms with E-state index in [1.807, 2.05) is 54.6 Å². The second kappa shape index (κ2) is 16.7. The molecule has 7 nitrogen and oxygen atoms in total. The zero-order valence-electron chi connectivity index (χ0n) is 22.7. The lowest BCUT2D eigenvalue weighted by atomic mass is 9.86. The van der Waals surface area contributed by atoms with Gasteiger partial charge in [0.25, 0.3) is 0 Å². The van der Waals surface area contributed by atoms with Crippen LogP contribution in [0.1, 0.15) is 63.0 Å². The summed E-state index contributed by atoms with van der Waals surface area (Å²) < 4.78 is 16.8. The summed E-state index contributed by atoms with van der Waals surface area (Å²) in [5.41, 5.74) is 2.01. The fourth-order valence-corrected chi connectivity index (χ4v) is 4.96. The SMILES string of the molecule is CCOC(Cc1ccc(OCCN(CCCC2CCCCC2)C(=O)OCCc2ccccc2)cc1)C(=O)O. The first-order valence-electron chi connectivity index (χ1n) is 14.1. The summed E-state index contributed by atoms with van der Waals surface area (Å²) in [6.07, 6.45) is 8.56. The van der Waals surface area contributed by atoms with Crippen molar-refractivity contribution >= 4 is 12.1 Å². The molecule has 1 unspecified atom stereocenters. The second-order valence-electron chi connectivity index (χ2n) is 9.96. The quantitative estimate of drug-likeness (QED) is 0.283. The van der Waals surface area contributed by atoms with Crippen LogP contribution < -0.4 is 4.74 Å². The molecule has 208 valence electrons. The molecule has 1 atom stereocenters. The fourth-order valence-electron chi connectivity index (χ4n) is 4.96. The van der Waals surface area contributed by atoms with Crippen LogP contribution in [-0.4, -0.2) is 61.1 Å². The van der Waals surface area contributed by atoms with Gasteiger partial charge in [0.2, 0.25) is 0 Å². The van der Waals surface area contributed by atoms with Crippen LogP contribution >= 0.6 is 0 Å². The van der Waals surface area contributed by atoms with Crippen LogP contribution in [0, 0.1) is 5.92 Å². The minimum Gasteiger partial charge on any atom is -0.492 e. The van der Waals surface area contributed by atoms with Crippen LogP contribution in [0.2, 0.25) is 0 Å². The minimum absolute atomic E-state index is 0.292. The Hall–Kier alpha value is -3.06. The normalized spacial score (nSPS) is 14.6. The maximum Gasteiger partial charge on any atom is 0.409 e. The predicted molar refractivity (Wildman–Crippen MR) is 148 cm³/mol. The molecule has 2 aromatic rings. The van der Waals surface area contributed by atoms with Crippen LogP contribution in [0.3, 0.4) is 0 Å². The van der Waals surface area contributed by atoms with E-state index in [9.17, 15) is 14.7 Å². The first-order valence-corrected chi connectivity index (χ1v) is 14.1. The number of aliphatic carboxylic acids is 1. The van der Waals surface area contributed by atoms with Gasteiger partial charge in [0.1, 0.15) is 12.4 Å². The molecule has 0 spiro atoms. The van der Waals surface area contributed by atoms with E-state index >= 15 is 0 Å². The molecule has 7 heteroatoms. The number of carbonyl (C=O) groups is 2. The minimum atomic E-state index is -0.966. The summed E-state index contributed by atoms with van der Waals surface area (Å²) >= 11 is 0. The van der Waals surface area contributed by atoms with Gasteiger partial charge in [0.15, 0.2) is 6.10 Å². The highest BCUT2D eigenvalue weighted by Crippen LogP contribution is 2.27. The summed E-state index contributed by atoms with van der Waals surface area (Å²) in [7, 11) is 0. The summed E-state index contributed by atoms with van der Waals surface area (Å²) in [6, 6.07) is 17.4.